The fourth-order valence-corrected chi connectivity index (χ4v) is 3.55. The molecule has 0 aliphatic rings. The lowest BCUT2D eigenvalue weighted by atomic mass is 10.2. The minimum absolute atomic E-state index is 0.0520. The summed E-state index contributed by atoms with van der Waals surface area (Å²) in [6, 6.07) is -0.0520. The number of rotatable bonds is 23. The van der Waals surface area contributed by atoms with Gasteiger partial charge >= 0.3 is 0 Å². The second-order valence-electron chi connectivity index (χ2n) is 8.74. The van der Waals surface area contributed by atoms with Crippen LogP contribution in [0.15, 0.2) is 0 Å². The third kappa shape index (κ3) is 19.4. The molecular formula is C23H50N10O4. The normalized spacial score (nSPS) is 11.9. The largest absolute Gasteiger partial charge is 0.355 e. The fraction of sp³-hybridized carbons (Fsp3) is 0.826. The molecule has 0 radical (unpaired) electrons. The topological polar surface area (TPSA) is 227 Å². The van der Waals surface area contributed by atoms with Gasteiger partial charge in [-0.25, -0.2) is 0 Å². The Balaban J connectivity index is 5.22. The molecule has 14 heteroatoms. The van der Waals surface area contributed by atoms with Gasteiger partial charge in [-0.15, -0.1) is 0 Å². The molecule has 0 aromatic carbocycles. The van der Waals surface area contributed by atoms with Gasteiger partial charge < -0.3 is 49.1 Å². The summed E-state index contributed by atoms with van der Waals surface area (Å²) < 4.78 is 0. The Labute approximate surface area is 220 Å². The summed E-state index contributed by atoms with van der Waals surface area (Å²) in [6.45, 7) is 7.41. The van der Waals surface area contributed by atoms with Crippen LogP contribution in [0.3, 0.4) is 0 Å². The maximum absolute atomic E-state index is 12.2. The van der Waals surface area contributed by atoms with Gasteiger partial charge in [-0.2, -0.15) is 0 Å². The Bertz CT molecular complexity index is 605. The van der Waals surface area contributed by atoms with Gasteiger partial charge in [0.2, 0.25) is 23.6 Å². The van der Waals surface area contributed by atoms with Crippen molar-refractivity contribution in [1.29, 1.82) is 0 Å². The Morgan fingerprint density at radius 2 is 0.865 bits per heavy atom. The third-order valence-electron chi connectivity index (χ3n) is 5.57. The maximum atomic E-state index is 12.2. The van der Waals surface area contributed by atoms with Crippen LogP contribution >= 0.6 is 0 Å². The summed E-state index contributed by atoms with van der Waals surface area (Å²) in [5.41, 5.74) is 21.8. The van der Waals surface area contributed by atoms with Gasteiger partial charge in [0.05, 0.1) is 0 Å². The standard InChI is InChI=1S/C23H50N10O4/c1-19(33(16-4-22(36)30-12-8-26)17-5-23(37)31-13-9-27)18-32(14-2-20(34)28-10-6-24)15-3-21(35)29-11-7-25/h19H,2-18,24-27H2,1H3,(H,28,34)(H,29,35)(H,30,36)(H,31,37). The second-order valence-corrected chi connectivity index (χ2v) is 8.74. The molecular weight excluding hydrogens is 480 g/mol. The zero-order chi connectivity index (χ0) is 27.9. The molecule has 37 heavy (non-hydrogen) atoms. The van der Waals surface area contributed by atoms with Crippen LogP contribution < -0.4 is 44.2 Å². The summed E-state index contributed by atoms with van der Waals surface area (Å²) in [6.07, 6.45) is 1.05. The number of hydrogen-bond acceptors (Lipinski definition) is 10. The zero-order valence-electron chi connectivity index (χ0n) is 22.4. The van der Waals surface area contributed by atoms with Crippen molar-refractivity contribution in [2.24, 2.45) is 22.9 Å². The SMILES string of the molecule is CC(CN(CCC(=O)NCCN)CCC(=O)NCCN)N(CCC(=O)NCCN)CCC(=O)NCCN. The van der Waals surface area contributed by atoms with Crippen molar-refractivity contribution in [2.45, 2.75) is 38.6 Å². The minimum atomic E-state index is -0.111. The van der Waals surface area contributed by atoms with E-state index in [9.17, 15) is 19.2 Å². The van der Waals surface area contributed by atoms with Gasteiger partial charge in [0, 0.05) is 117 Å². The highest BCUT2D eigenvalue weighted by Crippen LogP contribution is 2.07. The van der Waals surface area contributed by atoms with Gasteiger partial charge in [-0.05, 0) is 6.92 Å². The molecule has 0 saturated heterocycles. The number of carbonyl (C=O) groups excluding carboxylic acids is 4. The molecule has 12 N–H and O–H groups in total. The molecule has 0 spiro atoms. The van der Waals surface area contributed by atoms with Crippen molar-refractivity contribution >= 4 is 23.6 Å². The first-order valence-corrected chi connectivity index (χ1v) is 13.1. The number of nitrogens with two attached hydrogens (primary N) is 4. The van der Waals surface area contributed by atoms with Crippen LogP contribution in [0, 0.1) is 0 Å². The molecule has 0 aliphatic carbocycles. The Morgan fingerprint density at radius 3 is 1.16 bits per heavy atom. The molecule has 1 atom stereocenters. The molecule has 0 aromatic rings. The molecule has 1 unspecified atom stereocenters. The fourth-order valence-electron chi connectivity index (χ4n) is 3.55. The van der Waals surface area contributed by atoms with Gasteiger partial charge in [0.15, 0.2) is 0 Å². The van der Waals surface area contributed by atoms with Crippen molar-refractivity contribution in [2.75, 3.05) is 85.1 Å². The first kappa shape index (κ1) is 34.6. The van der Waals surface area contributed by atoms with E-state index in [4.69, 9.17) is 22.9 Å². The molecule has 0 bridgehead atoms. The average molecular weight is 531 g/mol. The van der Waals surface area contributed by atoms with E-state index in [2.05, 4.69) is 26.2 Å². The summed E-state index contributed by atoms with van der Waals surface area (Å²) in [5.74, 6) is -0.443. The second kappa shape index (κ2) is 22.8. The van der Waals surface area contributed by atoms with Crippen molar-refractivity contribution in [3.05, 3.63) is 0 Å². The van der Waals surface area contributed by atoms with E-state index in [1.54, 1.807) is 0 Å². The molecule has 0 aromatic heterocycles. The molecule has 0 heterocycles. The van der Waals surface area contributed by atoms with Crippen molar-refractivity contribution in [3.8, 4) is 0 Å². The quantitative estimate of drug-likeness (QED) is 0.0635. The van der Waals surface area contributed by atoms with Crippen LogP contribution in [-0.4, -0.2) is 125 Å². The highest BCUT2D eigenvalue weighted by atomic mass is 16.2. The molecule has 0 saturated carbocycles. The first-order chi connectivity index (χ1) is 17.8. The van der Waals surface area contributed by atoms with Crippen LogP contribution in [0.1, 0.15) is 32.6 Å². The van der Waals surface area contributed by atoms with Crippen LogP contribution in [-0.2, 0) is 19.2 Å². The lowest BCUT2D eigenvalue weighted by Crippen LogP contribution is -2.46. The number of amides is 4. The lowest BCUT2D eigenvalue weighted by Gasteiger charge is -2.33. The van der Waals surface area contributed by atoms with Gasteiger partial charge in [0.25, 0.3) is 0 Å². The van der Waals surface area contributed by atoms with E-state index in [1.165, 1.54) is 0 Å². The zero-order valence-corrected chi connectivity index (χ0v) is 22.4. The van der Waals surface area contributed by atoms with Crippen LogP contribution in [0.25, 0.3) is 0 Å². The number of carbonyl (C=O) groups is 4. The van der Waals surface area contributed by atoms with Gasteiger partial charge in [0.1, 0.15) is 0 Å². The number of nitrogens with one attached hydrogen (secondary N) is 4. The average Bonchev–Trinajstić information content (AvgIpc) is 2.89. The van der Waals surface area contributed by atoms with E-state index < -0.39 is 0 Å². The first-order valence-electron chi connectivity index (χ1n) is 13.1. The Kier molecular flexibility index (Phi) is 21.4. The van der Waals surface area contributed by atoms with E-state index in [-0.39, 0.29) is 55.4 Å². The van der Waals surface area contributed by atoms with Crippen LogP contribution in [0.5, 0.6) is 0 Å². The van der Waals surface area contributed by atoms with E-state index in [0.717, 1.165) is 0 Å². The predicted octanol–water partition coefficient (Wildman–Crippen LogP) is -4.16. The van der Waals surface area contributed by atoms with Crippen molar-refractivity contribution in [3.63, 3.8) is 0 Å². The third-order valence-corrected chi connectivity index (χ3v) is 5.57. The molecule has 4 amide bonds. The number of nitrogens with zero attached hydrogens (tertiary/aromatic N) is 2. The summed E-state index contributed by atoms with van der Waals surface area (Å²) in [5, 5.41) is 11.0. The van der Waals surface area contributed by atoms with E-state index >= 15 is 0 Å². The van der Waals surface area contributed by atoms with Gasteiger partial charge in [-0.1, -0.05) is 0 Å². The molecule has 0 fully saturated rings. The summed E-state index contributed by atoms with van der Waals surface area (Å²) >= 11 is 0. The van der Waals surface area contributed by atoms with Crippen LogP contribution in [0.4, 0.5) is 0 Å². The molecule has 0 rings (SSSR count). The van der Waals surface area contributed by atoms with E-state index in [0.29, 0.717) is 85.1 Å². The predicted molar refractivity (Wildman–Crippen MR) is 144 cm³/mol. The van der Waals surface area contributed by atoms with Crippen LogP contribution in [0.2, 0.25) is 0 Å². The van der Waals surface area contributed by atoms with Crippen molar-refractivity contribution < 1.29 is 19.2 Å². The smallest absolute Gasteiger partial charge is 0.221 e. The van der Waals surface area contributed by atoms with E-state index in [1.807, 2.05) is 11.8 Å². The Hall–Kier alpha value is -2.36. The number of hydrogen-bond donors (Lipinski definition) is 8. The molecule has 216 valence electrons. The highest BCUT2D eigenvalue weighted by molar-refractivity contribution is 5.77. The van der Waals surface area contributed by atoms with Crippen molar-refractivity contribution in [1.82, 2.24) is 31.1 Å². The monoisotopic (exact) mass is 530 g/mol. The summed E-state index contributed by atoms with van der Waals surface area (Å²) in [4.78, 5) is 52.7. The Morgan fingerprint density at radius 1 is 0.568 bits per heavy atom. The molecule has 0 aliphatic heterocycles. The van der Waals surface area contributed by atoms with Gasteiger partial charge in [-0.3, -0.25) is 24.1 Å². The molecule has 14 nitrogen and oxygen atoms in total. The summed E-state index contributed by atoms with van der Waals surface area (Å²) in [7, 11) is 0. The minimum Gasteiger partial charge on any atom is -0.355 e. The lowest BCUT2D eigenvalue weighted by molar-refractivity contribution is -0.123. The highest BCUT2D eigenvalue weighted by Gasteiger charge is 2.20. The maximum Gasteiger partial charge on any atom is 0.221 e.